The van der Waals surface area contributed by atoms with Gasteiger partial charge in [-0.1, -0.05) is 6.92 Å². The van der Waals surface area contributed by atoms with Gasteiger partial charge < -0.3 is 15.4 Å². The number of hydrogen-bond acceptors (Lipinski definition) is 6. The van der Waals surface area contributed by atoms with Gasteiger partial charge in [-0.15, -0.1) is 0 Å². The molecule has 0 saturated carbocycles. The zero-order valence-corrected chi connectivity index (χ0v) is 14.9. The fourth-order valence-corrected chi connectivity index (χ4v) is 2.26. The lowest BCUT2D eigenvalue weighted by atomic mass is 10.2. The van der Waals surface area contributed by atoms with E-state index in [1.54, 1.807) is 11.8 Å². The maximum absolute atomic E-state index is 12.5. The number of likely N-dealkylation sites (N-methyl/N-ethyl adjacent to an activating group) is 2. The van der Waals surface area contributed by atoms with Crippen molar-refractivity contribution < 1.29 is 19.2 Å². The van der Waals surface area contributed by atoms with Crippen molar-refractivity contribution in [3.05, 3.63) is 28.3 Å². The molecule has 0 spiro atoms. The molecule has 0 fully saturated rings. The minimum atomic E-state index is -0.562. The average Bonchev–Trinajstić information content (AvgIpc) is 2.59. The first kappa shape index (κ1) is 20.4. The van der Waals surface area contributed by atoms with Gasteiger partial charge in [0.05, 0.1) is 36.4 Å². The van der Waals surface area contributed by atoms with Crippen LogP contribution in [0.15, 0.2) is 18.2 Å². The molecule has 0 radical (unpaired) electrons. The zero-order chi connectivity index (χ0) is 19.0. The van der Waals surface area contributed by atoms with Crippen molar-refractivity contribution >= 4 is 23.2 Å². The summed E-state index contributed by atoms with van der Waals surface area (Å²) in [5.74, 6) is -0.295. The van der Waals surface area contributed by atoms with E-state index >= 15 is 0 Å². The Bertz CT molecular complexity index is 635. The van der Waals surface area contributed by atoms with Crippen molar-refractivity contribution in [2.24, 2.45) is 0 Å². The molecule has 25 heavy (non-hydrogen) atoms. The second-order valence-electron chi connectivity index (χ2n) is 5.32. The third-order valence-electron chi connectivity index (χ3n) is 3.71. The van der Waals surface area contributed by atoms with Crippen molar-refractivity contribution in [3.63, 3.8) is 0 Å². The number of carbonyl (C=O) groups is 2. The van der Waals surface area contributed by atoms with E-state index in [9.17, 15) is 19.7 Å². The Labute approximate surface area is 146 Å². The summed E-state index contributed by atoms with van der Waals surface area (Å²) >= 11 is 0. The van der Waals surface area contributed by atoms with Gasteiger partial charge in [0.1, 0.15) is 5.75 Å². The van der Waals surface area contributed by atoms with Crippen molar-refractivity contribution in [2.75, 3.05) is 32.1 Å². The number of carbonyl (C=O) groups excluding carboxylic acids is 2. The van der Waals surface area contributed by atoms with Crippen LogP contribution in [0.4, 0.5) is 11.4 Å². The number of amides is 2. The van der Waals surface area contributed by atoms with E-state index in [4.69, 9.17) is 4.74 Å². The number of ether oxygens (including phenoxy) is 1. The predicted molar refractivity (Wildman–Crippen MR) is 93.7 cm³/mol. The summed E-state index contributed by atoms with van der Waals surface area (Å²) in [5, 5.41) is 16.2. The summed E-state index contributed by atoms with van der Waals surface area (Å²) in [6.07, 6.45) is 0. The van der Waals surface area contributed by atoms with E-state index in [0.29, 0.717) is 18.8 Å². The van der Waals surface area contributed by atoms with Crippen LogP contribution < -0.4 is 15.4 Å². The van der Waals surface area contributed by atoms with E-state index in [2.05, 4.69) is 10.6 Å². The number of nitro groups is 1. The van der Waals surface area contributed by atoms with Crippen molar-refractivity contribution in [2.45, 2.75) is 26.8 Å². The monoisotopic (exact) mass is 352 g/mol. The fourth-order valence-electron chi connectivity index (χ4n) is 2.26. The molecule has 1 aromatic rings. The number of rotatable bonds is 9. The van der Waals surface area contributed by atoms with Crippen LogP contribution in [0.3, 0.4) is 0 Å². The Morgan fingerprint density at radius 2 is 2.04 bits per heavy atom. The molecule has 0 aliphatic heterocycles. The van der Waals surface area contributed by atoms with Crippen molar-refractivity contribution in [1.82, 2.24) is 10.2 Å². The Kier molecular flexibility index (Phi) is 7.80. The van der Waals surface area contributed by atoms with Crippen LogP contribution in [0.2, 0.25) is 0 Å². The molecule has 0 unspecified atom stereocenters. The number of nitrogens with zero attached hydrogens (tertiary/aromatic N) is 2. The smallest absolute Gasteiger partial charge is 0.273 e. The summed E-state index contributed by atoms with van der Waals surface area (Å²) in [6.45, 7) is 6.52. The number of anilines is 1. The maximum atomic E-state index is 12.5. The van der Waals surface area contributed by atoms with Gasteiger partial charge in [-0.2, -0.15) is 0 Å². The van der Waals surface area contributed by atoms with Gasteiger partial charge >= 0.3 is 0 Å². The van der Waals surface area contributed by atoms with E-state index in [1.165, 1.54) is 25.3 Å². The fraction of sp³-hybridized carbons (Fsp3) is 0.500. The second kappa shape index (κ2) is 9.58. The number of hydrogen-bond donors (Lipinski definition) is 2. The molecule has 2 amide bonds. The summed E-state index contributed by atoms with van der Waals surface area (Å²) in [7, 11) is 1.37. The van der Waals surface area contributed by atoms with Gasteiger partial charge in [0.2, 0.25) is 11.8 Å². The number of methoxy groups -OCH3 is 1. The molecule has 1 aromatic carbocycles. The molecule has 1 rings (SSSR count). The van der Waals surface area contributed by atoms with Gasteiger partial charge in [0, 0.05) is 12.6 Å². The number of nitrogens with one attached hydrogen (secondary N) is 2. The minimum absolute atomic E-state index is 0.107. The topological polar surface area (TPSA) is 114 Å². The molecule has 0 aliphatic carbocycles. The van der Waals surface area contributed by atoms with Gasteiger partial charge in [0.15, 0.2) is 0 Å². The maximum Gasteiger partial charge on any atom is 0.273 e. The van der Waals surface area contributed by atoms with Gasteiger partial charge in [-0.25, -0.2) is 0 Å². The summed E-state index contributed by atoms with van der Waals surface area (Å²) in [4.78, 5) is 36.2. The standard InChI is InChI=1S/C16H24N4O5/c1-5-17-15(21)10-19(6-2)11(3)16(22)18-13-8-7-12(20(23)24)9-14(13)25-4/h7-9,11H,5-6,10H2,1-4H3,(H,17,21)(H,18,22)/t11-/m0/s1. The minimum Gasteiger partial charge on any atom is -0.494 e. The van der Waals surface area contributed by atoms with Gasteiger partial charge in [-0.05, 0) is 26.5 Å². The number of non-ortho nitro benzene ring substituents is 1. The molecule has 9 heteroatoms. The van der Waals surface area contributed by atoms with Gasteiger partial charge in [-0.3, -0.25) is 24.6 Å². The van der Waals surface area contributed by atoms with Crippen LogP contribution in [-0.4, -0.2) is 54.4 Å². The molecular formula is C16H24N4O5. The normalized spacial score (nSPS) is 11.7. The third kappa shape index (κ3) is 5.71. The molecule has 0 aliphatic rings. The average molecular weight is 352 g/mol. The van der Waals surface area contributed by atoms with Crippen molar-refractivity contribution in [1.29, 1.82) is 0 Å². The molecule has 9 nitrogen and oxygen atoms in total. The highest BCUT2D eigenvalue weighted by atomic mass is 16.6. The van der Waals surface area contributed by atoms with Crippen LogP contribution in [0, 0.1) is 10.1 Å². The molecule has 1 atom stereocenters. The predicted octanol–water partition coefficient (Wildman–Crippen LogP) is 1.39. The van der Waals surface area contributed by atoms with Crippen LogP contribution in [-0.2, 0) is 9.59 Å². The van der Waals surface area contributed by atoms with Crippen LogP contribution >= 0.6 is 0 Å². The Balaban J connectivity index is 2.86. The molecule has 0 heterocycles. The van der Waals surface area contributed by atoms with E-state index in [0.717, 1.165) is 0 Å². The third-order valence-corrected chi connectivity index (χ3v) is 3.71. The van der Waals surface area contributed by atoms with Crippen LogP contribution in [0.25, 0.3) is 0 Å². The highest BCUT2D eigenvalue weighted by Crippen LogP contribution is 2.29. The first-order valence-corrected chi connectivity index (χ1v) is 7.98. The summed E-state index contributed by atoms with van der Waals surface area (Å²) in [5.41, 5.74) is 0.202. The summed E-state index contributed by atoms with van der Waals surface area (Å²) < 4.78 is 5.10. The summed E-state index contributed by atoms with van der Waals surface area (Å²) in [6, 6.07) is 3.39. The molecule has 138 valence electrons. The molecular weight excluding hydrogens is 328 g/mol. The lowest BCUT2D eigenvalue weighted by Gasteiger charge is -2.26. The Morgan fingerprint density at radius 3 is 2.56 bits per heavy atom. The number of nitro benzene ring substituents is 1. The van der Waals surface area contributed by atoms with E-state index in [-0.39, 0.29) is 29.8 Å². The molecule has 2 N–H and O–H groups in total. The Morgan fingerprint density at radius 1 is 1.36 bits per heavy atom. The van der Waals surface area contributed by atoms with Crippen LogP contribution in [0.1, 0.15) is 20.8 Å². The SMILES string of the molecule is CCNC(=O)CN(CC)[C@@H](C)C(=O)Nc1ccc([N+](=O)[O-])cc1OC. The van der Waals surface area contributed by atoms with Gasteiger partial charge in [0.25, 0.3) is 5.69 Å². The highest BCUT2D eigenvalue weighted by molar-refractivity contribution is 5.96. The second-order valence-corrected chi connectivity index (χ2v) is 5.32. The molecule has 0 aromatic heterocycles. The van der Waals surface area contributed by atoms with E-state index in [1.807, 2.05) is 13.8 Å². The molecule has 0 saturated heterocycles. The van der Waals surface area contributed by atoms with Crippen LogP contribution in [0.5, 0.6) is 5.75 Å². The first-order chi connectivity index (χ1) is 11.8. The lowest BCUT2D eigenvalue weighted by Crippen LogP contribution is -2.46. The first-order valence-electron chi connectivity index (χ1n) is 7.98. The quantitative estimate of drug-likeness (QED) is 0.513. The van der Waals surface area contributed by atoms with E-state index < -0.39 is 11.0 Å². The number of benzene rings is 1. The highest BCUT2D eigenvalue weighted by Gasteiger charge is 2.23. The zero-order valence-electron chi connectivity index (χ0n) is 14.9. The Hall–Kier alpha value is -2.68. The molecule has 0 bridgehead atoms. The van der Waals surface area contributed by atoms with Crippen molar-refractivity contribution in [3.8, 4) is 5.75 Å². The largest absolute Gasteiger partial charge is 0.494 e. The lowest BCUT2D eigenvalue weighted by molar-refractivity contribution is -0.384.